The van der Waals surface area contributed by atoms with Gasteiger partial charge in [0.1, 0.15) is 0 Å². The molecular formula is C24H33N3O2. The average molecular weight is 396 g/mol. The van der Waals surface area contributed by atoms with Gasteiger partial charge in [0.2, 0.25) is 11.8 Å². The molecule has 0 radical (unpaired) electrons. The number of hydrogen-bond acceptors (Lipinski definition) is 4. The summed E-state index contributed by atoms with van der Waals surface area (Å²) in [6, 6.07) is 8.91. The number of carbonyl (C=O) groups excluding carboxylic acids is 1. The fraction of sp³-hybridized carbons (Fsp3) is 0.625. The van der Waals surface area contributed by atoms with Crippen molar-refractivity contribution < 1.29 is 9.32 Å². The van der Waals surface area contributed by atoms with Gasteiger partial charge in [-0.1, -0.05) is 56.1 Å². The quantitative estimate of drug-likeness (QED) is 0.700. The fourth-order valence-electron chi connectivity index (χ4n) is 4.91. The fourth-order valence-corrected chi connectivity index (χ4v) is 4.91. The largest absolute Gasteiger partial charge is 0.341 e. The third kappa shape index (κ3) is 4.54. The van der Waals surface area contributed by atoms with Gasteiger partial charge in [-0.05, 0) is 43.2 Å². The maximum absolute atomic E-state index is 13.2. The number of benzene rings is 1. The van der Waals surface area contributed by atoms with Gasteiger partial charge >= 0.3 is 0 Å². The molecule has 4 rings (SSSR count). The van der Waals surface area contributed by atoms with Crippen LogP contribution in [0.1, 0.15) is 87.1 Å². The lowest BCUT2D eigenvalue weighted by Gasteiger charge is -2.38. The van der Waals surface area contributed by atoms with Gasteiger partial charge in [0.25, 0.3) is 0 Å². The van der Waals surface area contributed by atoms with Crippen LogP contribution in [-0.2, 0) is 17.6 Å². The molecule has 0 N–H and O–H groups in total. The normalized spacial score (nSPS) is 22.9. The molecule has 0 bridgehead atoms. The van der Waals surface area contributed by atoms with E-state index in [0.29, 0.717) is 24.3 Å². The molecule has 156 valence electrons. The molecule has 0 spiro atoms. The van der Waals surface area contributed by atoms with E-state index in [-0.39, 0.29) is 11.8 Å². The highest BCUT2D eigenvalue weighted by Crippen LogP contribution is 2.37. The summed E-state index contributed by atoms with van der Waals surface area (Å²) in [6.45, 7) is 5.80. The van der Waals surface area contributed by atoms with Crippen LogP contribution in [0, 0.1) is 5.92 Å². The van der Waals surface area contributed by atoms with Gasteiger partial charge < -0.3 is 9.42 Å². The second-order valence-electron chi connectivity index (χ2n) is 8.75. The van der Waals surface area contributed by atoms with Crippen LogP contribution in [0.25, 0.3) is 0 Å². The molecule has 5 nitrogen and oxygen atoms in total. The first-order valence-corrected chi connectivity index (χ1v) is 11.4. The lowest BCUT2D eigenvalue weighted by molar-refractivity contribution is -0.137. The van der Waals surface area contributed by atoms with E-state index in [4.69, 9.17) is 4.52 Å². The summed E-state index contributed by atoms with van der Waals surface area (Å²) in [6.07, 6.45) is 8.27. The van der Waals surface area contributed by atoms with Crippen LogP contribution in [-0.4, -0.2) is 34.0 Å². The van der Waals surface area contributed by atoms with E-state index in [1.165, 1.54) is 24.0 Å². The standard InChI is InChI=1S/C24H33N3O2/c1-3-7-22-25-23(29-26-22)21-14-20(18-12-10-17(4-2)11-13-18)15-27(16-21)24(28)19-8-5-6-9-19/h10-13,19-21H,3-9,14-16H2,1-2H3. The van der Waals surface area contributed by atoms with Crippen molar-refractivity contribution in [2.75, 3.05) is 13.1 Å². The first-order chi connectivity index (χ1) is 14.2. The van der Waals surface area contributed by atoms with Gasteiger partial charge in [0.15, 0.2) is 5.82 Å². The van der Waals surface area contributed by atoms with Gasteiger partial charge in [-0.2, -0.15) is 4.98 Å². The number of hydrogen-bond donors (Lipinski definition) is 0. The van der Waals surface area contributed by atoms with Crippen LogP contribution in [0.5, 0.6) is 0 Å². The van der Waals surface area contributed by atoms with Gasteiger partial charge in [0.05, 0.1) is 5.92 Å². The molecule has 2 atom stereocenters. The Hall–Kier alpha value is -2.17. The monoisotopic (exact) mass is 395 g/mol. The van der Waals surface area contributed by atoms with Crippen molar-refractivity contribution in [2.24, 2.45) is 5.92 Å². The number of likely N-dealkylation sites (tertiary alicyclic amines) is 1. The highest BCUT2D eigenvalue weighted by Gasteiger charge is 2.37. The Balaban J connectivity index is 1.57. The van der Waals surface area contributed by atoms with Crippen LogP contribution in [0.3, 0.4) is 0 Å². The van der Waals surface area contributed by atoms with E-state index < -0.39 is 0 Å². The smallest absolute Gasteiger partial charge is 0.231 e. The van der Waals surface area contributed by atoms with Crippen molar-refractivity contribution in [3.63, 3.8) is 0 Å². The summed E-state index contributed by atoms with van der Waals surface area (Å²) in [5, 5.41) is 4.16. The number of carbonyl (C=O) groups is 1. The predicted octanol–water partition coefficient (Wildman–Crippen LogP) is 4.87. The maximum Gasteiger partial charge on any atom is 0.231 e. The molecule has 29 heavy (non-hydrogen) atoms. The minimum atomic E-state index is 0.114. The topological polar surface area (TPSA) is 59.2 Å². The zero-order chi connectivity index (χ0) is 20.2. The molecule has 1 aliphatic carbocycles. The Morgan fingerprint density at radius 3 is 2.52 bits per heavy atom. The second kappa shape index (κ2) is 9.10. The van der Waals surface area contributed by atoms with E-state index >= 15 is 0 Å². The number of nitrogens with zero attached hydrogens (tertiary/aromatic N) is 3. The summed E-state index contributed by atoms with van der Waals surface area (Å²) in [5.41, 5.74) is 2.66. The SMILES string of the molecule is CCCc1noc(C2CC(c3ccc(CC)cc3)CN(C(=O)C3CCCC3)C2)n1. The molecule has 2 fully saturated rings. The summed E-state index contributed by atoms with van der Waals surface area (Å²) < 4.78 is 5.63. The molecule has 1 aromatic carbocycles. The van der Waals surface area contributed by atoms with Crippen molar-refractivity contribution in [3.05, 3.63) is 47.1 Å². The number of rotatable bonds is 6. The first kappa shape index (κ1) is 20.1. The molecule has 2 aromatic rings. The number of amides is 1. The summed E-state index contributed by atoms with van der Waals surface area (Å²) in [4.78, 5) is 20.0. The zero-order valence-corrected chi connectivity index (χ0v) is 17.8. The molecule has 2 unspecified atom stereocenters. The Bertz CT molecular complexity index is 808. The van der Waals surface area contributed by atoms with E-state index in [2.05, 4.69) is 53.2 Å². The molecule has 2 heterocycles. The molecule has 2 aliphatic rings. The molecule has 1 saturated heterocycles. The summed E-state index contributed by atoms with van der Waals surface area (Å²) >= 11 is 0. The van der Waals surface area contributed by atoms with Crippen LogP contribution in [0.2, 0.25) is 0 Å². The van der Waals surface area contributed by atoms with Gasteiger partial charge in [-0.3, -0.25) is 4.79 Å². The third-order valence-corrected chi connectivity index (χ3v) is 6.63. The molecule has 5 heteroatoms. The van der Waals surface area contributed by atoms with E-state index in [9.17, 15) is 4.79 Å². The van der Waals surface area contributed by atoms with E-state index in [0.717, 1.165) is 50.9 Å². The second-order valence-corrected chi connectivity index (χ2v) is 8.75. The van der Waals surface area contributed by atoms with E-state index in [1.54, 1.807) is 0 Å². The average Bonchev–Trinajstić information content (AvgIpc) is 3.46. The van der Waals surface area contributed by atoms with E-state index in [1.807, 2.05) is 0 Å². The van der Waals surface area contributed by atoms with Crippen LogP contribution >= 0.6 is 0 Å². The predicted molar refractivity (Wildman–Crippen MR) is 113 cm³/mol. The minimum Gasteiger partial charge on any atom is -0.341 e. The van der Waals surface area contributed by atoms with Crippen molar-refractivity contribution in [1.82, 2.24) is 15.0 Å². The number of aryl methyl sites for hydroxylation is 2. The Kier molecular flexibility index (Phi) is 6.31. The Morgan fingerprint density at radius 2 is 1.83 bits per heavy atom. The van der Waals surface area contributed by atoms with Crippen molar-refractivity contribution in [3.8, 4) is 0 Å². The third-order valence-electron chi connectivity index (χ3n) is 6.63. The lowest BCUT2D eigenvalue weighted by atomic mass is 9.83. The first-order valence-electron chi connectivity index (χ1n) is 11.4. The van der Waals surface area contributed by atoms with Crippen LogP contribution in [0.15, 0.2) is 28.8 Å². The highest BCUT2D eigenvalue weighted by atomic mass is 16.5. The summed E-state index contributed by atoms with van der Waals surface area (Å²) in [7, 11) is 0. The van der Waals surface area contributed by atoms with Crippen LogP contribution in [0.4, 0.5) is 0 Å². The maximum atomic E-state index is 13.2. The summed E-state index contributed by atoms with van der Waals surface area (Å²) in [5.74, 6) is 2.44. The Labute approximate surface area is 173 Å². The van der Waals surface area contributed by atoms with Crippen molar-refractivity contribution in [1.29, 1.82) is 0 Å². The molecule has 1 aromatic heterocycles. The molecule has 1 aliphatic heterocycles. The Morgan fingerprint density at radius 1 is 1.10 bits per heavy atom. The van der Waals surface area contributed by atoms with Gasteiger partial charge in [-0.15, -0.1) is 0 Å². The van der Waals surface area contributed by atoms with Crippen molar-refractivity contribution >= 4 is 5.91 Å². The minimum absolute atomic E-state index is 0.114. The number of piperidine rings is 1. The van der Waals surface area contributed by atoms with Crippen LogP contribution < -0.4 is 0 Å². The van der Waals surface area contributed by atoms with Crippen molar-refractivity contribution in [2.45, 2.75) is 77.0 Å². The van der Waals surface area contributed by atoms with Gasteiger partial charge in [-0.25, -0.2) is 0 Å². The van der Waals surface area contributed by atoms with Gasteiger partial charge in [0, 0.05) is 31.3 Å². The molecule has 1 amide bonds. The lowest BCUT2D eigenvalue weighted by Crippen LogP contribution is -2.44. The number of aromatic nitrogens is 2. The zero-order valence-electron chi connectivity index (χ0n) is 17.8. The molecular weight excluding hydrogens is 362 g/mol. The highest BCUT2D eigenvalue weighted by molar-refractivity contribution is 5.79. The molecule has 1 saturated carbocycles.